The molecule has 8 nitrogen and oxygen atoms in total. The van der Waals surface area contributed by atoms with Gasteiger partial charge >= 0.3 is 5.97 Å². The third-order valence-electron chi connectivity index (χ3n) is 5.04. The second kappa shape index (κ2) is 9.95. The summed E-state index contributed by atoms with van der Waals surface area (Å²) in [6.07, 6.45) is 1.37. The quantitative estimate of drug-likeness (QED) is 0.454. The lowest BCUT2D eigenvalue weighted by Crippen LogP contribution is -2.50. The van der Waals surface area contributed by atoms with Crippen molar-refractivity contribution >= 4 is 33.7 Å². The molecule has 0 unspecified atom stereocenters. The van der Waals surface area contributed by atoms with Gasteiger partial charge in [-0.1, -0.05) is 23.9 Å². The lowest BCUT2D eigenvalue weighted by Gasteiger charge is -2.34. The first-order valence-electron chi connectivity index (χ1n) is 9.92. The fraction of sp³-hybridized carbons (Fsp3) is 0.500. The number of benzene rings is 1. The van der Waals surface area contributed by atoms with Crippen LogP contribution < -0.4 is 0 Å². The van der Waals surface area contributed by atoms with Gasteiger partial charge in [0, 0.05) is 39.3 Å². The van der Waals surface area contributed by atoms with Crippen LogP contribution in [0.5, 0.6) is 0 Å². The molecule has 0 radical (unpaired) electrons. The predicted octanol–water partition coefficient (Wildman–Crippen LogP) is 1.28. The van der Waals surface area contributed by atoms with Gasteiger partial charge in [0.15, 0.2) is 0 Å². The number of hydrogen-bond acceptors (Lipinski definition) is 7. The molecule has 3 rings (SSSR count). The van der Waals surface area contributed by atoms with E-state index < -0.39 is 16.0 Å². The van der Waals surface area contributed by atoms with E-state index in [1.807, 2.05) is 13.0 Å². The number of piperazine rings is 1. The van der Waals surface area contributed by atoms with E-state index in [0.717, 1.165) is 5.56 Å². The van der Waals surface area contributed by atoms with Gasteiger partial charge in [-0.15, -0.1) is 0 Å². The largest absolute Gasteiger partial charge is 0.463 e. The minimum Gasteiger partial charge on any atom is -0.463 e. The Labute approximate surface area is 181 Å². The Morgan fingerprint density at radius 3 is 2.60 bits per heavy atom. The Kier molecular flexibility index (Phi) is 7.56. The summed E-state index contributed by atoms with van der Waals surface area (Å²) in [5.41, 5.74) is 0.912. The zero-order valence-corrected chi connectivity index (χ0v) is 18.9. The number of rotatable bonds is 7. The van der Waals surface area contributed by atoms with Crippen LogP contribution in [0.3, 0.4) is 0 Å². The van der Waals surface area contributed by atoms with E-state index >= 15 is 0 Å². The Bertz CT molecular complexity index is 924. The van der Waals surface area contributed by atoms with Crippen LogP contribution in [0.25, 0.3) is 0 Å². The minimum atomic E-state index is -3.50. The van der Waals surface area contributed by atoms with E-state index in [4.69, 9.17) is 4.74 Å². The summed E-state index contributed by atoms with van der Waals surface area (Å²) in [7, 11) is -3.50. The molecular weight excluding hydrogens is 426 g/mol. The molecule has 2 aliphatic heterocycles. The second-order valence-corrected chi connectivity index (χ2v) is 10.1. The van der Waals surface area contributed by atoms with Crippen LogP contribution in [0.1, 0.15) is 12.5 Å². The smallest absolute Gasteiger partial charge is 0.333 e. The molecule has 0 spiro atoms. The first-order chi connectivity index (χ1) is 14.3. The fourth-order valence-corrected chi connectivity index (χ4v) is 5.90. The summed E-state index contributed by atoms with van der Waals surface area (Å²) in [6, 6.07) is 6.95. The van der Waals surface area contributed by atoms with E-state index in [9.17, 15) is 18.0 Å². The van der Waals surface area contributed by atoms with Gasteiger partial charge in [-0.2, -0.15) is 4.31 Å². The molecule has 2 aliphatic rings. The second-order valence-electron chi connectivity index (χ2n) is 7.13. The third-order valence-corrected chi connectivity index (χ3v) is 7.96. The molecular formula is C20H27N3O5S2. The Morgan fingerprint density at radius 2 is 1.93 bits per heavy atom. The van der Waals surface area contributed by atoms with Crippen LogP contribution in [0.15, 0.2) is 40.3 Å². The van der Waals surface area contributed by atoms with Gasteiger partial charge < -0.3 is 9.64 Å². The minimum absolute atomic E-state index is 0.0313. The first kappa shape index (κ1) is 22.8. The third kappa shape index (κ3) is 5.42. The standard InChI is InChI=1S/C20H27N3O5S2/c1-3-28-20(25)14-19-23(18(24)15-29-19)12-9-21-7-10-22(11-8-21)30(26,27)17-6-4-5-16(2)13-17/h4-6,13-14H,3,7-12,15H2,1-2H3/b19-14+. The summed E-state index contributed by atoms with van der Waals surface area (Å²) < 4.78 is 32.2. The average Bonchev–Trinajstić information content (AvgIpc) is 3.06. The normalized spacial score (nSPS) is 20.1. The molecule has 1 aromatic rings. The van der Waals surface area contributed by atoms with Crippen molar-refractivity contribution in [3.8, 4) is 0 Å². The summed E-state index contributed by atoms with van der Waals surface area (Å²) in [4.78, 5) is 27.9. The summed E-state index contributed by atoms with van der Waals surface area (Å²) in [5.74, 6) is -0.167. The highest BCUT2D eigenvalue weighted by Crippen LogP contribution is 2.28. The van der Waals surface area contributed by atoms with E-state index in [-0.39, 0.29) is 12.5 Å². The predicted molar refractivity (Wildman–Crippen MR) is 115 cm³/mol. The van der Waals surface area contributed by atoms with Crippen molar-refractivity contribution in [2.75, 3.05) is 51.6 Å². The van der Waals surface area contributed by atoms with Gasteiger partial charge in [0.2, 0.25) is 15.9 Å². The van der Waals surface area contributed by atoms with E-state index in [1.165, 1.54) is 22.1 Å². The van der Waals surface area contributed by atoms with Crippen LogP contribution in [0.2, 0.25) is 0 Å². The maximum Gasteiger partial charge on any atom is 0.333 e. The molecule has 0 saturated carbocycles. The molecule has 30 heavy (non-hydrogen) atoms. The number of nitrogens with zero attached hydrogens (tertiary/aromatic N) is 3. The highest BCUT2D eigenvalue weighted by atomic mass is 32.2. The van der Waals surface area contributed by atoms with Gasteiger partial charge in [-0.3, -0.25) is 9.69 Å². The first-order valence-corrected chi connectivity index (χ1v) is 12.3. The van der Waals surface area contributed by atoms with Gasteiger partial charge in [0.1, 0.15) is 0 Å². The number of carbonyl (C=O) groups excluding carboxylic acids is 2. The molecule has 2 saturated heterocycles. The van der Waals surface area contributed by atoms with Crippen LogP contribution in [-0.2, 0) is 24.3 Å². The molecule has 0 N–H and O–H groups in total. The number of ether oxygens (including phenoxy) is 1. The van der Waals surface area contributed by atoms with E-state index in [0.29, 0.717) is 54.9 Å². The molecule has 2 heterocycles. The number of esters is 1. The molecule has 10 heteroatoms. The van der Waals surface area contributed by atoms with Crippen molar-refractivity contribution < 1.29 is 22.7 Å². The summed E-state index contributed by atoms with van der Waals surface area (Å²) >= 11 is 1.33. The lowest BCUT2D eigenvalue weighted by molar-refractivity contribution is -0.137. The molecule has 0 bridgehead atoms. The Hall–Kier alpha value is -1.88. The highest BCUT2D eigenvalue weighted by molar-refractivity contribution is 8.04. The van der Waals surface area contributed by atoms with Crippen LogP contribution >= 0.6 is 11.8 Å². The monoisotopic (exact) mass is 453 g/mol. The SMILES string of the molecule is CCOC(=O)/C=C1/SCC(=O)N1CCN1CCN(S(=O)(=O)c2cccc(C)c2)CC1. The number of hydrogen-bond donors (Lipinski definition) is 0. The molecule has 164 valence electrons. The molecule has 1 aromatic carbocycles. The van der Waals surface area contributed by atoms with Crippen molar-refractivity contribution in [1.82, 2.24) is 14.1 Å². The molecule has 2 fully saturated rings. The topological polar surface area (TPSA) is 87.2 Å². The number of amides is 1. The van der Waals surface area contributed by atoms with Crippen LogP contribution in [0.4, 0.5) is 0 Å². The van der Waals surface area contributed by atoms with Gasteiger partial charge in [0.25, 0.3) is 0 Å². The summed E-state index contributed by atoms with van der Waals surface area (Å²) in [6.45, 7) is 6.98. The van der Waals surface area contributed by atoms with Crippen molar-refractivity contribution in [2.45, 2.75) is 18.7 Å². The van der Waals surface area contributed by atoms with E-state index in [1.54, 1.807) is 30.0 Å². The zero-order chi connectivity index (χ0) is 21.7. The Morgan fingerprint density at radius 1 is 1.20 bits per heavy atom. The van der Waals surface area contributed by atoms with Gasteiger partial charge in [-0.25, -0.2) is 13.2 Å². The molecule has 0 aliphatic carbocycles. The highest BCUT2D eigenvalue weighted by Gasteiger charge is 2.31. The number of carbonyl (C=O) groups is 2. The maximum absolute atomic E-state index is 12.9. The van der Waals surface area contributed by atoms with E-state index in [2.05, 4.69) is 4.90 Å². The molecule has 1 amide bonds. The van der Waals surface area contributed by atoms with Crippen LogP contribution in [-0.4, -0.2) is 86.0 Å². The number of thioether (sulfide) groups is 1. The van der Waals surface area contributed by atoms with Crippen LogP contribution in [0, 0.1) is 6.92 Å². The van der Waals surface area contributed by atoms with Crippen molar-refractivity contribution in [1.29, 1.82) is 0 Å². The van der Waals surface area contributed by atoms with Gasteiger partial charge in [0.05, 0.1) is 28.4 Å². The average molecular weight is 454 g/mol. The van der Waals surface area contributed by atoms with Crippen molar-refractivity contribution in [3.05, 3.63) is 40.9 Å². The summed E-state index contributed by atoms with van der Waals surface area (Å²) in [5, 5.41) is 0.610. The fourth-order valence-electron chi connectivity index (χ4n) is 3.41. The zero-order valence-electron chi connectivity index (χ0n) is 17.2. The number of sulfonamides is 1. The number of aryl methyl sites for hydroxylation is 1. The lowest BCUT2D eigenvalue weighted by atomic mass is 10.2. The Balaban J connectivity index is 1.54. The molecule has 0 atom stereocenters. The van der Waals surface area contributed by atoms with Crippen molar-refractivity contribution in [3.63, 3.8) is 0 Å². The molecule has 0 aromatic heterocycles. The van der Waals surface area contributed by atoms with Gasteiger partial charge in [-0.05, 0) is 31.5 Å². The maximum atomic E-state index is 12.9. The van der Waals surface area contributed by atoms with Crippen molar-refractivity contribution in [2.24, 2.45) is 0 Å².